The summed E-state index contributed by atoms with van der Waals surface area (Å²) in [4.78, 5) is 13.7. The number of hydrogen-bond acceptors (Lipinski definition) is 4. The number of carbonyl (C=O) groups excluding carboxylic acids is 1. The zero-order valence-corrected chi connectivity index (χ0v) is 15.2. The van der Waals surface area contributed by atoms with E-state index in [9.17, 15) is 4.79 Å². The Kier molecular flexibility index (Phi) is 5.96. The van der Waals surface area contributed by atoms with Crippen molar-refractivity contribution in [2.24, 2.45) is 0 Å². The van der Waals surface area contributed by atoms with Gasteiger partial charge in [0.2, 0.25) is 11.7 Å². The molecule has 0 radical (unpaired) electrons. The minimum absolute atomic E-state index is 0.0145. The average molecular weight is 370 g/mol. The Bertz CT molecular complexity index is 865. The van der Waals surface area contributed by atoms with E-state index in [4.69, 9.17) is 11.6 Å². The lowest BCUT2D eigenvalue weighted by atomic mass is 10.0. The van der Waals surface area contributed by atoms with Crippen LogP contribution in [0.2, 0.25) is 5.02 Å². The van der Waals surface area contributed by atoms with E-state index in [1.165, 1.54) is 4.80 Å². The summed E-state index contributed by atoms with van der Waals surface area (Å²) < 4.78 is 0. The lowest BCUT2D eigenvalue weighted by Gasteiger charge is -2.18. The van der Waals surface area contributed by atoms with Gasteiger partial charge in [-0.3, -0.25) is 4.79 Å². The van der Waals surface area contributed by atoms with Crippen molar-refractivity contribution in [2.75, 3.05) is 0 Å². The van der Waals surface area contributed by atoms with Crippen molar-refractivity contribution in [1.82, 2.24) is 25.5 Å². The van der Waals surface area contributed by atoms with E-state index in [1.54, 1.807) is 12.1 Å². The predicted octanol–water partition coefficient (Wildman–Crippen LogP) is 3.65. The van der Waals surface area contributed by atoms with Crippen LogP contribution in [0.5, 0.6) is 0 Å². The first-order chi connectivity index (χ1) is 12.7. The Morgan fingerprint density at radius 2 is 2.00 bits per heavy atom. The number of nitrogens with one attached hydrogen (secondary N) is 1. The Balaban J connectivity index is 1.66. The minimum Gasteiger partial charge on any atom is -0.348 e. The third kappa shape index (κ3) is 4.67. The minimum atomic E-state index is -0.151. The van der Waals surface area contributed by atoms with Gasteiger partial charge in [-0.05, 0) is 29.3 Å². The van der Waals surface area contributed by atoms with Gasteiger partial charge in [-0.15, -0.1) is 10.2 Å². The van der Waals surface area contributed by atoms with Crippen molar-refractivity contribution in [3.63, 3.8) is 0 Å². The zero-order valence-electron chi connectivity index (χ0n) is 14.5. The molecule has 0 unspecified atom stereocenters. The number of amides is 1. The quantitative estimate of drug-likeness (QED) is 0.690. The molecule has 2 aromatic carbocycles. The van der Waals surface area contributed by atoms with Crippen molar-refractivity contribution in [1.29, 1.82) is 0 Å². The lowest BCUT2D eigenvalue weighted by molar-refractivity contribution is -0.122. The van der Waals surface area contributed by atoms with E-state index in [-0.39, 0.29) is 18.5 Å². The molecule has 0 aliphatic heterocycles. The van der Waals surface area contributed by atoms with E-state index < -0.39 is 0 Å². The Labute approximate surface area is 157 Å². The number of aromatic nitrogens is 4. The molecule has 1 amide bonds. The number of carbonyl (C=O) groups is 1. The van der Waals surface area contributed by atoms with Crippen LogP contribution >= 0.6 is 11.6 Å². The topological polar surface area (TPSA) is 72.7 Å². The van der Waals surface area contributed by atoms with Gasteiger partial charge < -0.3 is 5.32 Å². The number of benzene rings is 2. The van der Waals surface area contributed by atoms with Gasteiger partial charge in [-0.1, -0.05) is 67.4 Å². The van der Waals surface area contributed by atoms with Gasteiger partial charge in [-0.25, -0.2) is 0 Å². The van der Waals surface area contributed by atoms with Crippen LogP contribution < -0.4 is 5.32 Å². The predicted molar refractivity (Wildman–Crippen MR) is 100 cm³/mol. The SMILES string of the molecule is CCC[C@@H](NC(=O)Cn1nnc(-c2cccc(Cl)c2)n1)c1ccccc1. The highest BCUT2D eigenvalue weighted by atomic mass is 35.5. The lowest BCUT2D eigenvalue weighted by Crippen LogP contribution is -2.32. The average Bonchev–Trinajstić information content (AvgIpc) is 3.10. The number of hydrogen-bond donors (Lipinski definition) is 1. The standard InChI is InChI=1S/C19H20ClN5O/c1-2-7-17(14-8-4-3-5-9-14)21-18(26)13-25-23-19(22-24-25)15-10-6-11-16(20)12-15/h3-6,8-12,17H,2,7,13H2,1H3,(H,21,26)/t17-/m1/s1. The normalized spacial score (nSPS) is 11.9. The van der Waals surface area contributed by atoms with Crippen LogP contribution in [0, 0.1) is 0 Å². The summed E-state index contributed by atoms with van der Waals surface area (Å²) in [5, 5.41) is 15.9. The van der Waals surface area contributed by atoms with Crippen LogP contribution in [0.3, 0.4) is 0 Å². The number of halogens is 1. The summed E-state index contributed by atoms with van der Waals surface area (Å²) in [6.07, 6.45) is 1.84. The second-order valence-electron chi connectivity index (χ2n) is 5.97. The van der Waals surface area contributed by atoms with E-state index in [1.807, 2.05) is 42.5 Å². The molecule has 3 rings (SSSR count). The van der Waals surface area contributed by atoms with Crippen molar-refractivity contribution < 1.29 is 4.79 Å². The first-order valence-electron chi connectivity index (χ1n) is 8.53. The Hall–Kier alpha value is -2.73. The Morgan fingerprint density at radius 1 is 1.19 bits per heavy atom. The molecule has 1 heterocycles. The smallest absolute Gasteiger partial charge is 0.244 e. The van der Waals surface area contributed by atoms with Gasteiger partial charge in [0.25, 0.3) is 0 Å². The summed E-state index contributed by atoms with van der Waals surface area (Å²) in [5.74, 6) is 0.288. The second-order valence-corrected chi connectivity index (χ2v) is 6.41. The van der Waals surface area contributed by atoms with Crippen molar-refractivity contribution in [3.8, 4) is 11.4 Å². The fourth-order valence-electron chi connectivity index (χ4n) is 2.72. The molecule has 0 aliphatic carbocycles. The fourth-order valence-corrected chi connectivity index (χ4v) is 2.91. The first kappa shape index (κ1) is 18.1. The van der Waals surface area contributed by atoms with Gasteiger partial charge in [0.15, 0.2) is 0 Å². The van der Waals surface area contributed by atoms with E-state index in [2.05, 4.69) is 27.7 Å². The van der Waals surface area contributed by atoms with Crippen molar-refractivity contribution in [2.45, 2.75) is 32.4 Å². The molecule has 0 bridgehead atoms. The Morgan fingerprint density at radius 3 is 2.73 bits per heavy atom. The molecule has 0 saturated heterocycles. The van der Waals surface area contributed by atoms with Crippen LogP contribution in [-0.2, 0) is 11.3 Å². The third-order valence-corrected chi connectivity index (χ3v) is 4.17. The first-order valence-corrected chi connectivity index (χ1v) is 8.91. The van der Waals surface area contributed by atoms with Crippen LogP contribution in [0.4, 0.5) is 0 Å². The molecule has 0 spiro atoms. The number of rotatable bonds is 7. The van der Waals surface area contributed by atoms with Crippen molar-refractivity contribution >= 4 is 17.5 Å². The maximum atomic E-state index is 12.4. The molecule has 134 valence electrons. The highest BCUT2D eigenvalue weighted by Gasteiger charge is 2.15. The summed E-state index contributed by atoms with van der Waals surface area (Å²) in [6.45, 7) is 2.11. The molecule has 0 aliphatic rings. The van der Waals surface area contributed by atoms with Gasteiger partial charge in [0, 0.05) is 10.6 Å². The molecular formula is C19H20ClN5O. The molecule has 0 fully saturated rings. The molecule has 7 heteroatoms. The van der Waals surface area contributed by atoms with Gasteiger partial charge in [0.1, 0.15) is 6.54 Å². The van der Waals surface area contributed by atoms with E-state index >= 15 is 0 Å². The van der Waals surface area contributed by atoms with Crippen molar-refractivity contribution in [3.05, 3.63) is 65.2 Å². The van der Waals surface area contributed by atoms with E-state index in [0.717, 1.165) is 24.0 Å². The number of tetrazole rings is 1. The monoisotopic (exact) mass is 369 g/mol. The second kappa shape index (κ2) is 8.58. The maximum Gasteiger partial charge on any atom is 0.244 e. The van der Waals surface area contributed by atoms with Crippen LogP contribution in [0.25, 0.3) is 11.4 Å². The summed E-state index contributed by atoms with van der Waals surface area (Å²) in [6, 6.07) is 17.1. The fraction of sp³-hybridized carbons (Fsp3) is 0.263. The van der Waals surface area contributed by atoms with Gasteiger partial charge in [0.05, 0.1) is 6.04 Å². The highest BCUT2D eigenvalue weighted by molar-refractivity contribution is 6.30. The summed E-state index contributed by atoms with van der Waals surface area (Å²) in [5.41, 5.74) is 1.85. The van der Waals surface area contributed by atoms with Crippen LogP contribution in [0.15, 0.2) is 54.6 Å². The molecule has 0 saturated carbocycles. The molecule has 1 N–H and O–H groups in total. The van der Waals surface area contributed by atoms with E-state index in [0.29, 0.717) is 10.8 Å². The molecule has 1 atom stereocenters. The molecule has 26 heavy (non-hydrogen) atoms. The van der Waals surface area contributed by atoms with Gasteiger partial charge in [-0.2, -0.15) is 4.80 Å². The van der Waals surface area contributed by atoms with Crippen LogP contribution in [-0.4, -0.2) is 26.1 Å². The summed E-state index contributed by atoms with van der Waals surface area (Å²) in [7, 11) is 0. The zero-order chi connectivity index (χ0) is 18.4. The molecular weight excluding hydrogens is 350 g/mol. The number of nitrogens with zero attached hydrogens (tertiary/aromatic N) is 4. The third-order valence-electron chi connectivity index (χ3n) is 3.94. The van der Waals surface area contributed by atoms with Gasteiger partial charge >= 0.3 is 0 Å². The molecule has 3 aromatic rings. The molecule has 1 aromatic heterocycles. The summed E-state index contributed by atoms with van der Waals surface area (Å²) >= 11 is 5.98. The highest BCUT2D eigenvalue weighted by Crippen LogP contribution is 2.19. The van der Waals surface area contributed by atoms with Crippen LogP contribution in [0.1, 0.15) is 31.4 Å². The molecule has 6 nitrogen and oxygen atoms in total. The largest absolute Gasteiger partial charge is 0.348 e. The maximum absolute atomic E-state index is 12.4.